The van der Waals surface area contributed by atoms with Crippen LogP contribution in [-0.2, 0) is 11.3 Å². The molecule has 0 radical (unpaired) electrons. The number of carbonyl (C=O) groups excluding carboxylic acids is 1. The predicted molar refractivity (Wildman–Crippen MR) is 49.3 cm³/mol. The number of carbonyl (C=O) groups is 1. The van der Waals surface area contributed by atoms with Crippen LogP contribution < -0.4 is 5.43 Å². The van der Waals surface area contributed by atoms with E-state index in [0.29, 0.717) is 13.0 Å². The summed E-state index contributed by atoms with van der Waals surface area (Å²) >= 11 is 0. The summed E-state index contributed by atoms with van der Waals surface area (Å²) in [5.74, 6) is 0. The van der Waals surface area contributed by atoms with Gasteiger partial charge in [0.2, 0.25) is 6.41 Å². The van der Waals surface area contributed by atoms with Gasteiger partial charge in [0.1, 0.15) is 6.34 Å². The van der Waals surface area contributed by atoms with E-state index in [4.69, 9.17) is 0 Å². The lowest BCUT2D eigenvalue weighted by Gasteiger charge is -2.22. The van der Waals surface area contributed by atoms with E-state index in [1.807, 2.05) is 24.3 Å². The Labute approximate surface area is 75.9 Å². The third-order valence-electron chi connectivity index (χ3n) is 1.89. The molecule has 1 amide bonds. The van der Waals surface area contributed by atoms with E-state index in [2.05, 4.69) is 10.4 Å². The molecule has 1 aliphatic heterocycles. The summed E-state index contributed by atoms with van der Waals surface area (Å²) < 4.78 is 0. The number of fused-ring (bicyclic) bond motifs is 1. The topological polar surface area (TPSA) is 44.7 Å². The molecule has 1 aromatic carbocycles. The van der Waals surface area contributed by atoms with E-state index in [9.17, 15) is 4.79 Å². The van der Waals surface area contributed by atoms with Crippen molar-refractivity contribution in [1.29, 1.82) is 0 Å². The van der Waals surface area contributed by atoms with Crippen LogP contribution in [-0.4, -0.2) is 17.8 Å². The zero-order chi connectivity index (χ0) is 9.10. The Morgan fingerprint density at radius 1 is 1.46 bits per heavy atom. The molecule has 0 saturated carbocycles. The van der Waals surface area contributed by atoms with E-state index in [-0.39, 0.29) is 0 Å². The Hall–Kier alpha value is -1.84. The molecule has 13 heavy (non-hydrogen) atoms. The molecule has 1 N–H and O–H groups in total. The number of nitrogens with one attached hydrogen (secondary N) is 1. The first-order chi connectivity index (χ1) is 6.40. The molecule has 0 saturated heterocycles. The van der Waals surface area contributed by atoms with Crippen LogP contribution in [0.3, 0.4) is 0 Å². The SMILES string of the molecule is O=CNN1C=Nc2ccccc2C1. The molecule has 0 fully saturated rings. The second-order valence-corrected chi connectivity index (χ2v) is 2.75. The van der Waals surface area contributed by atoms with Crippen LogP contribution in [0.5, 0.6) is 0 Å². The second kappa shape index (κ2) is 3.26. The summed E-state index contributed by atoms with van der Waals surface area (Å²) in [5.41, 5.74) is 4.60. The first-order valence-corrected chi connectivity index (χ1v) is 3.99. The lowest BCUT2D eigenvalue weighted by molar-refractivity contribution is -0.112. The fourth-order valence-electron chi connectivity index (χ4n) is 1.27. The Morgan fingerprint density at radius 3 is 3.15 bits per heavy atom. The van der Waals surface area contributed by atoms with E-state index < -0.39 is 0 Å². The molecule has 0 aromatic heterocycles. The first kappa shape index (κ1) is 7.79. The fourth-order valence-corrected chi connectivity index (χ4v) is 1.27. The molecule has 1 aliphatic rings. The highest BCUT2D eigenvalue weighted by Crippen LogP contribution is 2.21. The number of para-hydroxylation sites is 1. The number of hydrogen-bond donors (Lipinski definition) is 1. The van der Waals surface area contributed by atoms with Crippen LogP contribution in [0.4, 0.5) is 5.69 Å². The van der Waals surface area contributed by atoms with Gasteiger partial charge in [-0.3, -0.25) is 15.2 Å². The molecule has 0 spiro atoms. The lowest BCUT2D eigenvalue weighted by atomic mass is 10.1. The quantitative estimate of drug-likeness (QED) is 0.676. The van der Waals surface area contributed by atoms with Gasteiger partial charge in [0.05, 0.1) is 12.2 Å². The average molecular weight is 175 g/mol. The van der Waals surface area contributed by atoms with Gasteiger partial charge >= 0.3 is 0 Å². The smallest absolute Gasteiger partial charge is 0.225 e. The van der Waals surface area contributed by atoms with Gasteiger partial charge in [0, 0.05) is 0 Å². The van der Waals surface area contributed by atoms with Gasteiger partial charge in [-0.2, -0.15) is 0 Å². The van der Waals surface area contributed by atoms with Gasteiger partial charge in [-0.25, -0.2) is 4.99 Å². The minimum Gasteiger partial charge on any atom is -0.277 e. The molecule has 0 bridgehead atoms. The number of hydrogen-bond acceptors (Lipinski definition) is 3. The number of aliphatic imine (C=N–C) groups is 1. The fraction of sp³-hybridized carbons (Fsp3) is 0.111. The van der Waals surface area contributed by atoms with Crippen LogP contribution in [0.25, 0.3) is 0 Å². The van der Waals surface area contributed by atoms with Crippen LogP contribution in [0, 0.1) is 0 Å². The number of rotatable bonds is 2. The van der Waals surface area contributed by atoms with Gasteiger partial charge < -0.3 is 0 Å². The summed E-state index contributed by atoms with van der Waals surface area (Å²) in [6, 6.07) is 7.84. The first-order valence-electron chi connectivity index (χ1n) is 3.99. The Bertz CT molecular complexity index is 348. The summed E-state index contributed by atoms with van der Waals surface area (Å²) in [4.78, 5) is 14.3. The molecule has 4 heteroatoms. The molecular weight excluding hydrogens is 166 g/mol. The zero-order valence-corrected chi connectivity index (χ0v) is 6.97. The molecule has 1 aromatic rings. The minimum atomic E-state index is 0.639. The Morgan fingerprint density at radius 2 is 2.31 bits per heavy atom. The van der Waals surface area contributed by atoms with Crippen LogP contribution in [0.1, 0.15) is 5.56 Å². The molecule has 0 aliphatic carbocycles. The van der Waals surface area contributed by atoms with Gasteiger partial charge in [-0.15, -0.1) is 0 Å². The Balaban J connectivity index is 2.23. The lowest BCUT2D eigenvalue weighted by Crippen LogP contribution is -2.36. The maximum atomic E-state index is 10.2. The van der Waals surface area contributed by atoms with Crippen molar-refractivity contribution in [2.45, 2.75) is 6.54 Å². The van der Waals surface area contributed by atoms with Crippen molar-refractivity contribution >= 4 is 18.4 Å². The van der Waals surface area contributed by atoms with Crippen LogP contribution >= 0.6 is 0 Å². The number of benzene rings is 1. The molecule has 66 valence electrons. The molecule has 1 heterocycles. The van der Waals surface area contributed by atoms with E-state index in [1.54, 1.807) is 11.3 Å². The normalized spacial score (nSPS) is 13.7. The monoisotopic (exact) mass is 175 g/mol. The third kappa shape index (κ3) is 1.51. The summed E-state index contributed by atoms with van der Waals surface area (Å²) in [5, 5.41) is 1.63. The highest BCUT2D eigenvalue weighted by atomic mass is 16.1. The summed E-state index contributed by atoms with van der Waals surface area (Å²) in [6.45, 7) is 0.665. The standard InChI is InChI=1S/C9H9N3O/c13-7-11-12-5-8-3-1-2-4-9(8)10-6-12/h1-4,6-7H,5H2,(H,11,13). The van der Waals surface area contributed by atoms with Crippen LogP contribution in [0.2, 0.25) is 0 Å². The maximum Gasteiger partial charge on any atom is 0.225 e. The van der Waals surface area contributed by atoms with Crippen molar-refractivity contribution in [3.8, 4) is 0 Å². The summed E-state index contributed by atoms with van der Waals surface area (Å²) in [6.07, 6.45) is 2.25. The van der Waals surface area contributed by atoms with Crippen molar-refractivity contribution in [1.82, 2.24) is 10.4 Å². The maximum absolute atomic E-state index is 10.2. The van der Waals surface area contributed by atoms with Crippen LogP contribution in [0.15, 0.2) is 29.3 Å². The van der Waals surface area contributed by atoms with E-state index >= 15 is 0 Å². The summed E-state index contributed by atoms with van der Waals surface area (Å²) in [7, 11) is 0. The largest absolute Gasteiger partial charge is 0.277 e. The average Bonchev–Trinajstić information content (AvgIpc) is 2.18. The van der Waals surface area contributed by atoms with Crippen molar-refractivity contribution in [3.05, 3.63) is 29.8 Å². The van der Waals surface area contributed by atoms with Gasteiger partial charge in [0.15, 0.2) is 0 Å². The van der Waals surface area contributed by atoms with Gasteiger partial charge in [-0.1, -0.05) is 18.2 Å². The van der Waals surface area contributed by atoms with E-state index in [0.717, 1.165) is 11.3 Å². The van der Waals surface area contributed by atoms with Crippen molar-refractivity contribution in [2.24, 2.45) is 4.99 Å². The molecule has 0 atom stereocenters. The molecule has 0 unspecified atom stereocenters. The highest BCUT2D eigenvalue weighted by Gasteiger charge is 2.09. The van der Waals surface area contributed by atoms with Crippen molar-refractivity contribution < 1.29 is 4.79 Å². The number of nitrogens with zero attached hydrogens (tertiary/aromatic N) is 2. The molecule has 4 nitrogen and oxygen atoms in total. The van der Waals surface area contributed by atoms with Crippen molar-refractivity contribution in [2.75, 3.05) is 0 Å². The third-order valence-corrected chi connectivity index (χ3v) is 1.89. The Kier molecular flexibility index (Phi) is 1.96. The highest BCUT2D eigenvalue weighted by molar-refractivity contribution is 5.67. The predicted octanol–water partition coefficient (Wildman–Crippen LogP) is 0.823. The van der Waals surface area contributed by atoms with Gasteiger partial charge in [-0.05, 0) is 11.6 Å². The van der Waals surface area contributed by atoms with E-state index in [1.165, 1.54) is 0 Å². The molecular formula is C9H9N3O. The zero-order valence-electron chi connectivity index (χ0n) is 6.97. The second-order valence-electron chi connectivity index (χ2n) is 2.75. The number of hydrazine groups is 1. The molecule has 2 rings (SSSR count). The number of amides is 1. The minimum absolute atomic E-state index is 0.639. The van der Waals surface area contributed by atoms with Gasteiger partial charge in [0.25, 0.3) is 0 Å². The van der Waals surface area contributed by atoms with Crippen molar-refractivity contribution in [3.63, 3.8) is 0 Å².